The summed E-state index contributed by atoms with van der Waals surface area (Å²) >= 11 is 5.79. The predicted octanol–water partition coefficient (Wildman–Crippen LogP) is 3.00. The smallest absolute Gasteiger partial charge is 0.399 e. The van der Waals surface area contributed by atoms with Crippen molar-refractivity contribution in [2.75, 3.05) is 0 Å². The number of nitro groups is 1. The first-order valence-electron chi connectivity index (χ1n) is 5.82. The molecule has 0 spiro atoms. The molecule has 7 nitrogen and oxygen atoms in total. The van der Waals surface area contributed by atoms with Crippen LogP contribution in [0.4, 0.5) is 5.88 Å². The van der Waals surface area contributed by atoms with Gasteiger partial charge < -0.3 is 4.42 Å². The molecule has 0 saturated heterocycles. The molecule has 1 heterocycles. The van der Waals surface area contributed by atoms with E-state index in [1.165, 1.54) is 18.2 Å². The molecule has 0 bridgehead atoms. The second-order valence-corrected chi connectivity index (χ2v) is 4.48. The van der Waals surface area contributed by atoms with Crippen LogP contribution in [0.3, 0.4) is 0 Å². The van der Waals surface area contributed by atoms with Gasteiger partial charge in [-0.15, -0.1) is 0 Å². The van der Waals surface area contributed by atoms with Crippen molar-refractivity contribution in [1.82, 2.24) is 5.43 Å². The van der Waals surface area contributed by atoms with Crippen LogP contribution < -0.4 is 5.43 Å². The van der Waals surface area contributed by atoms with Gasteiger partial charge in [0.05, 0.1) is 6.07 Å². The molecule has 0 aliphatic carbocycles. The third-order valence-electron chi connectivity index (χ3n) is 2.54. The van der Waals surface area contributed by atoms with E-state index in [2.05, 4.69) is 10.5 Å². The number of rotatable bonds is 4. The molecule has 8 heteroatoms. The molecule has 2 aromatic rings. The Hall–Kier alpha value is -2.67. The average molecular weight is 308 g/mol. The highest BCUT2D eigenvalue weighted by atomic mass is 35.5. The van der Waals surface area contributed by atoms with Gasteiger partial charge in [0, 0.05) is 10.6 Å². The van der Waals surface area contributed by atoms with Gasteiger partial charge in [0.15, 0.2) is 5.76 Å². The molecule has 1 N–H and O–H groups in total. The van der Waals surface area contributed by atoms with Crippen molar-refractivity contribution in [1.29, 1.82) is 0 Å². The molecule has 1 amide bonds. The van der Waals surface area contributed by atoms with Crippen LogP contribution >= 0.6 is 11.6 Å². The average Bonchev–Trinajstić information content (AvgIpc) is 2.94. The Kier molecular flexibility index (Phi) is 4.34. The lowest BCUT2D eigenvalue weighted by Crippen LogP contribution is -2.19. The fraction of sp³-hybridized carbons (Fsp3) is 0.0769. The SMILES string of the molecule is C/C(=N\NC(=O)c1cccc(Cl)c1)c1ccc([N+](=O)[O-])o1. The number of carbonyl (C=O) groups is 1. The highest BCUT2D eigenvalue weighted by molar-refractivity contribution is 6.30. The molecule has 1 aromatic heterocycles. The van der Waals surface area contributed by atoms with Crippen LogP contribution in [0.25, 0.3) is 0 Å². The maximum atomic E-state index is 11.8. The van der Waals surface area contributed by atoms with E-state index in [9.17, 15) is 14.9 Å². The van der Waals surface area contributed by atoms with E-state index in [1.807, 2.05) is 0 Å². The summed E-state index contributed by atoms with van der Waals surface area (Å²) < 4.78 is 4.96. The standard InChI is InChI=1S/C13H10ClN3O4/c1-8(11-5-6-12(21-11)17(19)20)15-16-13(18)9-3-2-4-10(14)7-9/h2-7H,1H3,(H,16,18)/b15-8+. The molecule has 0 radical (unpaired) electrons. The summed E-state index contributed by atoms with van der Waals surface area (Å²) in [4.78, 5) is 21.7. The van der Waals surface area contributed by atoms with Gasteiger partial charge in [-0.25, -0.2) is 5.43 Å². The molecule has 108 valence electrons. The largest absolute Gasteiger partial charge is 0.433 e. The summed E-state index contributed by atoms with van der Waals surface area (Å²) in [7, 11) is 0. The van der Waals surface area contributed by atoms with Gasteiger partial charge in [-0.1, -0.05) is 17.7 Å². The molecule has 1 aromatic carbocycles. The third kappa shape index (κ3) is 3.67. The number of carbonyl (C=O) groups excluding carboxylic acids is 1. The maximum absolute atomic E-state index is 11.8. The summed E-state index contributed by atoms with van der Waals surface area (Å²) in [5.41, 5.74) is 2.98. The molecular weight excluding hydrogens is 298 g/mol. The van der Waals surface area contributed by atoms with Crippen LogP contribution in [-0.4, -0.2) is 16.5 Å². The quantitative estimate of drug-likeness (QED) is 0.533. The van der Waals surface area contributed by atoms with Gasteiger partial charge >= 0.3 is 5.88 Å². The minimum atomic E-state index is -0.651. The van der Waals surface area contributed by atoms with Crippen LogP contribution in [0.1, 0.15) is 23.0 Å². The van der Waals surface area contributed by atoms with Crippen molar-refractivity contribution in [3.8, 4) is 0 Å². The maximum Gasteiger partial charge on any atom is 0.433 e. The fourth-order valence-corrected chi connectivity index (χ4v) is 1.69. The lowest BCUT2D eigenvalue weighted by atomic mass is 10.2. The van der Waals surface area contributed by atoms with E-state index < -0.39 is 10.8 Å². The van der Waals surface area contributed by atoms with E-state index >= 15 is 0 Å². The lowest BCUT2D eigenvalue weighted by Gasteiger charge is -2.01. The number of halogens is 1. The van der Waals surface area contributed by atoms with Crippen LogP contribution in [-0.2, 0) is 0 Å². The van der Waals surface area contributed by atoms with Gasteiger partial charge in [0.25, 0.3) is 5.91 Å². The van der Waals surface area contributed by atoms with Gasteiger partial charge in [0.1, 0.15) is 10.6 Å². The van der Waals surface area contributed by atoms with Gasteiger partial charge in [0.2, 0.25) is 0 Å². The van der Waals surface area contributed by atoms with Crippen LogP contribution in [0.15, 0.2) is 45.9 Å². The zero-order valence-corrected chi connectivity index (χ0v) is 11.6. The third-order valence-corrected chi connectivity index (χ3v) is 2.78. The number of hydrazone groups is 1. The first kappa shape index (κ1) is 14.7. The second-order valence-electron chi connectivity index (χ2n) is 4.04. The Bertz CT molecular complexity index is 724. The van der Waals surface area contributed by atoms with Crippen molar-refractivity contribution in [2.45, 2.75) is 6.92 Å². The van der Waals surface area contributed by atoms with E-state index in [0.717, 1.165) is 0 Å². The molecule has 0 unspecified atom stereocenters. The highest BCUT2D eigenvalue weighted by Crippen LogP contribution is 2.16. The minimum absolute atomic E-state index is 0.202. The minimum Gasteiger partial charge on any atom is -0.399 e. The molecule has 0 saturated carbocycles. The Balaban J connectivity index is 2.09. The lowest BCUT2D eigenvalue weighted by molar-refractivity contribution is -0.402. The molecule has 2 rings (SSSR count). The van der Waals surface area contributed by atoms with Gasteiger partial charge in [-0.3, -0.25) is 14.9 Å². The predicted molar refractivity (Wildman–Crippen MR) is 76.5 cm³/mol. The van der Waals surface area contributed by atoms with E-state index in [0.29, 0.717) is 16.3 Å². The van der Waals surface area contributed by atoms with Crippen molar-refractivity contribution >= 4 is 29.1 Å². The monoisotopic (exact) mass is 307 g/mol. The Morgan fingerprint density at radius 3 is 2.76 bits per heavy atom. The first-order valence-corrected chi connectivity index (χ1v) is 6.20. The summed E-state index contributed by atoms with van der Waals surface area (Å²) in [6.45, 7) is 1.56. The van der Waals surface area contributed by atoms with Gasteiger partial charge in [-0.05, 0) is 31.2 Å². The topological polar surface area (TPSA) is 97.7 Å². The number of hydrogen-bond acceptors (Lipinski definition) is 5. The number of benzene rings is 1. The van der Waals surface area contributed by atoms with Gasteiger partial charge in [-0.2, -0.15) is 5.10 Å². The van der Waals surface area contributed by atoms with Crippen molar-refractivity contribution in [3.63, 3.8) is 0 Å². The molecule has 0 aliphatic rings. The Morgan fingerprint density at radius 1 is 1.38 bits per heavy atom. The van der Waals surface area contributed by atoms with E-state index in [-0.39, 0.29) is 11.6 Å². The van der Waals surface area contributed by atoms with E-state index in [4.69, 9.17) is 16.0 Å². The number of amides is 1. The molecule has 0 atom stereocenters. The zero-order valence-electron chi connectivity index (χ0n) is 10.9. The van der Waals surface area contributed by atoms with Crippen LogP contribution in [0.5, 0.6) is 0 Å². The van der Waals surface area contributed by atoms with Crippen molar-refractivity contribution in [2.24, 2.45) is 5.10 Å². The molecule has 0 fully saturated rings. The number of nitrogens with one attached hydrogen (secondary N) is 1. The summed E-state index contributed by atoms with van der Waals surface area (Å²) in [5, 5.41) is 14.8. The number of furan rings is 1. The summed E-state index contributed by atoms with van der Waals surface area (Å²) in [6.07, 6.45) is 0. The molecule has 0 aliphatic heterocycles. The summed E-state index contributed by atoms with van der Waals surface area (Å²) in [5.74, 6) is -0.633. The normalized spacial score (nSPS) is 11.2. The van der Waals surface area contributed by atoms with E-state index in [1.54, 1.807) is 25.1 Å². The zero-order chi connectivity index (χ0) is 15.4. The molecular formula is C13H10ClN3O4. The number of hydrogen-bond donors (Lipinski definition) is 1. The molecule has 21 heavy (non-hydrogen) atoms. The van der Waals surface area contributed by atoms with Crippen LogP contribution in [0.2, 0.25) is 5.02 Å². The van der Waals surface area contributed by atoms with Crippen molar-refractivity contribution in [3.05, 3.63) is 62.9 Å². The first-order chi connectivity index (χ1) is 9.97. The fourth-order valence-electron chi connectivity index (χ4n) is 1.50. The second kappa shape index (κ2) is 6.19. The Morgan fingerprint density at radius 2 is 2.14 bits per heavy atom. The summed E-state index contributed by atoms with van der Waals surface area (Å²) in [6, 6.07) is 9.00. The Labute approximate surface area is 124 Å². The van der Waals surface area contributed by atoms with Crippen molar-refractivity contribution < 1.29 is 14.1 Å². The van der Waals surface area contributed by atoms with Crippen LogP contribution in [0, 0.1) is 10.1 Å². The number of nitrogens with zero attached hydrogens (tertiary/aromatic N) is 2. The highest BCUT2D eigenvalue weighted by Gasteiger charge is 2.14.